The Morgan fingerprint density at radius 3 is 2.64 bits per heavy atom. The van der Waals surface area contributed by atoms with Gasteiger partial charge < -0.3 is 9.64 Å². The highest BCUT2D eigenvalue weighted by atomic mass is 16.5. The van der Waals surface area contributed by atoms with E-state index in [1.165, 1.54) is 12.8 Å². The second kappa shape index (κ2) is 7.40. The van der Waals surface area contributed by atoms with E-state index in [1.54, 1.807) is 0 Å². The maximum absolute atomic E-state index is 13.1. The van der Waals surface area contributed by atoms with Gasteiger partial charge in [-0.15, -0.1) is 0 Å². The van der Waals surface area contributed by atoms with Crippen molar-refractivity contribution < 1.29 is 9.53 Å². The van der Waals surface area contributed by atoms with Crippen molar-refractivity contribution in [2.75, 3.05) is 19.8 Å². The number of carbonyl (C=O) groups excluding carboxylic acids is 1. The first-order valence-electron chi connectivity index (χ1n) is 9.26. The van der Waals surface area contributed by atoms with Gasteiger partial charge in [-0.05, 0) is 43.2 Å². The van der Waals surface area contributed by atoms with Gasteiger partial charge in [-0.25, -0.2) is 0 Å². The third-order valence-electron chi connectivity index (χ3n) is 5.16. The van der Waals surface area contributed by atoms with E-state index >= 15 is 0 Å². The number of aromatic nitrogens is 2. The second-order valence-corrected chi connectivity index (χ2v) is 7.21. The maximum atomic E-state index is 13.1. The van der Waals surface area contributed by atoms with Gasteiger partial charge in [-0.2, -0.15) is 5.10 Å². The molecule has 1 saturated carbocycles. The van der Waals surface area contributed by atoms with Crippen molar-refractivity contribution in [3.05, 3.63) is 53.3 Å². The smallest absolute Gasteiger partial charge is 0.274 e. The van der Waals surface area contributed by atoms with Crippen LogP contribution in [0, 0.1) is 5.92 Å². The predicted molar refractivity (Wildman–Crippen MR) is 95.3 cm³/mol. The van der Waals surface area contributed by atoms with E-state index < -0.39 is 0 Å². The molecule has 132 valence electrons. The lowest BCUT2D eigenvalue weighted by molar-refractivity contribution is 0.0443. The van der Waals surface area contributed by atoms with Gasteiger partial charge in [0.1, 0.15) is 5.69 Å². The average Bonchev–Trinajstić information content (AvgIpc) is 3.39. The zero-order chi connectivity index (χ0) is 17.1. The molecule has 1 amide bonds. The van der Waals surface area contributed by atoms with Crippen LogP contribution >= 0.6 is 0 Å². The summed E-state index contributed by atoms with van der Waals surface area (Å²) in [6, 6.07) is 12.1. The van der Waals surface area contributed by atoms with Crippen LogP contribution in [0.2, 0.25) is 0 Å². The van der Waals surface area contributed by atoms with Gasteiger partial charge in [0.2, 0.25) is 0 Å². The van der Waals surface area contributed by atoms with Crippen LogP contribution in [0.4, 0.5) is 0 Å². The number of nitrogens with zero attached hydrogens (tertiary/aromatic N) is 2. The first-order chi connectivity index (χ1) is 12.3. The molecule has 2 aliphatic rings. The summed E-state index contributed by atoms with van der Waals surface area (Å²) in [5, 5.41) is 7.35. The fraction of sp³-hybridized carbons (Fsp3) is 0.500. The molecule has 1 saturated heterocycles. The Morgan fingerprint density at radius 1 is 1.16 bits per heavy atom. The highest BCUT2D eigenvalue weighted by molar-refractivity contribution is 5.92. The van der Waals surface area contributed by atoms with E-state index in [9.17, 15) is 4.79 Å². The van der Waals surface area contributed by atoms with Crippen molar-refractivity contribution in [1.29, 1.82) is 0 Å². The number of nitrogens with one attached hydrogen (secondary N) is 1. The zero-order valence-corrected chi connectivity index (χ0v) is 14.5. The quantitative estimate of drug-likeness (QED) is 0.878. The molecule has 1 aromatic carbocycles. The molecule has 1 aliphatic heterocycles. The van der Waals surface area contributed by atoms with Crippen molar-refractivity contribution in [2.24, 2.45) is 5.92 Å². The van der Waals surface area contributed by atoms with E-state index in [-0.39, 0.29) is 5.91 Å². The Morgan fingerprint density at radius 2 is 1.92 bits per heavy atom. The van der Waals surface area contributed by atoms with Gasteiger partial charge >= 0.3 is 0 Å². The first kappa shape index (κ1) is 16.3. The molecule has 0 unspecified atom stereocenters. The van der Waals surface area contributed by atoms with E-state index in [4.69, 9.17) is 4.74 Å². The number of hydrogen-bond donors (Lipinski definition) is 1. The third-order valence-corrected chi connectivity index (χ3v) is 5.16. The second-order valence-electron chi connectivity index (χ2n) is 7.21. The molecule has 0 spiro atoms. The summed E-state index contributed by atoms with van der Waals surface area (Å²) in [6.45, 7) is 2.99. The Labute approximate surface area is 148 Å². The number of rotatable bonds is 6. The summed E-state index contributed by atoms with van der Waals surface area (Å²) < 4.78 is 5.46. The molecular weight excluding hydrogens is 314 g/mol. The molecule has 1 N–H and O–H groups in total. The lowest BCUT2D eigenvalue weighted by Crippen LogP contribution is -2.37. The first-order valence-corrected chi connectivity index (χ1v) is 9.26. The Kier molecular flexibility index (Phi) is 4.83. The molecule has 2 fully saturated rings. The number of ether oxygens (including phenoxy) is 1. The van der Waals surface area contributed by atoms with Gasteiger partial charge in [-0.3, -0.25) is 9.89 Å². The van der Waals surface area contributed by atoms with Crippen LogP contribution in [0.5, 0.6) is 0 Å². The number of aromatic amines is 1. The average molecular weight is 339 g/mol. The summed E-state index contributed by atoms with van der Waals surface area (Å²) in [5.41, 5.74) is 2.81. The van der Waals surface area contributed by atoms with E-state index in [0.717, 1.165) is 43.9 Å². The Balaban J connectivity index is 1.50. The molecule has 4 rings (SSSR count). The summed E-state index contributed by atoms with van der Waals surface area (Å²) in [7, 11) is 0. The minimum absolute atomic E-state index is 0.0264. The standard InChI is InChI=1S/C20H25N3O2/c24-20(19-12-18(21-22-19)17-6-7-17)23(13-15-4-2-1-3-5-15)14-16-8-10-25-11-9-16/h1-5,12,16-17H,6-11,13-14H2,(H,21,22). The third kappa shape index (κ3) is 4.10. The lowest BCUT2D eigenvalue weighted by atomic mass is 9.99. The van der Waals surface area contributed by atoms with Gasteiger partial charge in [0.25, 0.3) is 5.91 Å². The van der Waals surface area contributed by atoms with E-state index in [1.807, 2.05) is 29.2 Å². The summed E-state index contributed by atoms with van der Waals surface area (Å²) in [4.78, 5) is 15.0. The van der Waals surface area contributed by atoms with Crippen LogP contribution in [0.3, 0.4) is 0 Å². The van der Waals surface area contributed by atoms with Crippen LogP contribution in [0.1, 0.15) is 53.3 Å². The molecule has 2 heterocycles. The SMILES string of the molecule is O=C(c1cc(C2CC2)[nH]n1)N(Cc1ccccc1)CC1CCOCC1. The van der Waals surface area contributed by atoms with Gasteiger partial charge in [0, 0.05) is 37.9 Å². The van der Waals surface area contributed by atoms with Crippen LogP contribution in [-0.4, -0.2) is 40.8 Å². The lowest BCUT2D eigenvalue weighted by Gasteiger charge is -2.29. The molecule has 5 heteroatoms. The Bertz CT molecular complexity index is 703. The van der Waals surface area contributed by atoms with Gasteiger partial charge in [0.05, 0.1) is 0 Å². The van der Waals surface area contributed by atoms with Gasteiger partial charge in [0.15, 0.2) is 0 Å². The number of amides is 1. The molecule has 1 aliphatic carbocycles. The largest absolute Gasteiger partial charge is 0.381 e. The number of H-pyrrole nitrogens is 1. The molecule has 0 atom stereocenters. The molecule has 0 radical (unpaired) electrons. The fourth-order valence-electron chi connectivity index (χ4n) is 3.48. The van der Waals surface area contributed by atoms with Gasteiger partial charge in [-0.1, -0.05) is 30.3 Å². The minimum Gasteiger partial charge on any atom is -0.381 e. The summed E-state index contributed by atoms with van der Waals surface area (Å²) in [5.74, 6) is 1.11. The highest BCUT2D eigenvalue weighted by Gasteiger charge is 2.28. The molecule has 5 nitrogen and oxygen atoms in total. The van der Waals surface area contributed by atoms with E-state index in [2.05, 4.69) is 22.3 Å². The molecule has 25 heavy (non-hydrogen) atoms. The van der Waals surface area contributed by atoms with E-state index in [0.29, 0.717) is 24.1 Å². The van der Waals surface area contributed by atoms with Crippen LogP contribution in [0.25, 0.3) is 0 Å². The summed E-state index contributed by atoms with van der Waals surface area (Å²) >= 11 is 0. The maximum Gasteiger partial charge on any atom is 0.274 e. The number of hydrogen-bond acceptors (Lipinski definition) is 3. The number of carbonyl (C=O) groups is 1. The molecule has 2 aromatic rings. The number of benzene rings is 1. The monoisotopic (exact) mass is 339 g/mol. The summed E-state index contributed by atoms with van der Waals surface area (Å²) in [6.07, 6.45) is 4.44. The molecule has 0 bridgehead atoms. The topological polar surface area (TPSA) is 58.2 Å². The zero-order valence-electron chi connectivity index (χ0n) is 14.5. The van der Waals surface area contributed by atoms with Crippen molar-refractivity contribution in [3.8, 4) is 0 Å². The van der Waals surface area contributed by atoms with Crippen molar-refractivity contribution >= 4 is 5.91 Å². The minimum atomic E-state index is 0.0264. The normalized spacial score (nSPS) is 18.2. The molecule has 1 aromatic heterocycles. The highest BCUT2D eigenvalue weighted by Crippen LogP contribution is 2.39. The van der Waals surface area contributed by atoms with Crippen molar-refractivity contribution in [3.63, 3.8) is 0 Å². The fourth-order valence-corrected chi connectivity index (χ4v) is 3.48. The van der Waals surface area contributed by atoms with Crippen LogP contribution in [-0.2, 0) is 11.3 Å². The van der Waals surface area contributed by atoms with Crippen molar-refractivity contribution in [2.45, 2.75) is 38.1 Å². The van der Waals surface area contributed by atoms with Crippen LogP contribution < -0.4 is 0 Å². The van der Waals surface area contributed by atoms with Crippen LogP contribution in [0.15, 0.2) is 36.4 Å². The predicted octanol–water partition coefficient (Wildman–Crippen LogP) is 3.36. The Hall–Kier alpha value is -2.14. The van der Waals surface area contributed by atoms with Crippen molar-refractivity contribution in [1.82, 2.24) is 15.1 Å². The molecular formula is C20H25N3O2.